The Balaban J connectivity index is 2.07. The van der Waals surface area contributed by atoms with Crippen molar-refractivity contribution in [2.75, 3.05) is 0 Å². The van der Waals surface area contributed by atoms with Crippen LogP contribution in [0.5, 0.6) is 0 Å². The summed E-state index contributed by atoms with van der Waals surface area (Å²) < 4.78 is 5.39. The number of ether oxygens (including phenoxy) is 1. The van der Waals surface area contributed by atoms with Gasteiger partial charge in [-0.25, -0.2) is 0 Å². The van der Waals surface area contributed by atoms with Gasteiger partial charge in [-0.2, -0.15) is 0 Å². The zero-order chi connectivity index (χ0) is 18.0. The normalized spacial score (nSPS) is 20.5. The van der Waals surface area contributed by atoms with Gasteiger partial charge in [0.25, 0.3) is 0 Å². The number of carboxylic acids is 1. The highest BCUT2D eigenvalue weighted by molar-refractivity contribution is 5.95. The highest BCUT2D eigenvalue weighted by Gasteiger charge is 2.44. The van der Waals surface area contributed by atoms with Crippen molar-refractivity contribution >= 4 is 11.8 Å². The van der Waals surface area contributed by atoms with E-state index < -0.39 is 11.4 Å². The van der Waals surface area contributed by atoms with Gasteiger partial charge in [0.1, 0.15) is 6.10 Å². The highest BCUT2D eigenvalue weighted by atomic mass is 16.6. The van der Waals surface area contributed by atoms with Crippen LogP contribution >= 0.6 is 0 Å². The number of carbonyl (C=O) groups excluding carboxylic acids is 1. The molecule has 0 spiro atoms. The number of carboxylic acid groups (broad SMARTS) is 1. The lowest BCUT2D eigenvalue weighted by molar-refractivity contribution is -0.147. The molecule has 0 aromatic carbocycles. The van der Waals surface area contributed by atoms with Gasteiger partial charge in [-0.05, 0) is 45.6 Å². The highest BCUT2D eigenvalue weighted by Crippen LogP contribution is 2.33. The summed E-state index contributed by atoms with van der Waals surface area (Å²) in [5, 5.41) is 9.08. The van der Waals surface area contributed by atoms with Crippen LogP contribution in [0, 0.1) is 5.41 Å². The lowest BCUT2D eigenvalue weighted by atomic mass is 9.87. The standard InChI is InChI=1S/C20H34O4/c1-4-5-6-7-8-9-10-11-12-13-16(21)18-17(24-18)14-15-20(2,3)19(22)23/h12-13,17-18H,4-11,14-15H2,1-3H3,(H,22,23)/b13-12-. The Morgan fingerprint density at radius 2 is 1.71 bits per heavy atom. The second-order valence-corrected chi connectivity index (χ2v) is 7.54. The lowest BCUT2D eigenvalue weighted by Gasteiger charge is -2.17. The van der Waals surface area contributed by atoms with Crippen molar-refractivity contribution in [3.63, 3.8) is 0 Å². The summed E-state index contributed by atoms with van der Waals surface area (Å²) in [5.41, 5.74) is -0.757. The van der Waals surface area contributed by atoms with Gasteiger partial charge in [-0.15, -0.1) is 0 Å². The monoisotopic (exact) mass is 338 g/mol. The smallest absolute Gasteiger partial charge is 0.309 e. The molecule has 0 radical (unpaired) electrons. The van der Waals surface area contributed by atoms with Crippen LogP contribution in [0.1, 0.15) is 85.0 Å². The number of allylic oxidation sites excluding steroid dienone is 1. The molecule has 0 aromatic rings. The molecule has 4 nitrogen and oxygen atoms in total. The van der Waals surface area contributed by atoms with E-state index in [0.717, 1.165) is 12.8 Å². The van der Waals surface area contributed by atoms with Gasteiger partial charge in [0.15, 0.2) is 5.78 Å². The predicted octanol–water partition coefficient (Wildman–Crippen LogP) is 4.91. The maximum Gasteiger partial charge on any atom is 0.309 e. The van der Waals surface area contributed by atoms with E-state index in [-0.39, 0.29) is 18.0 Å². The fourth-order valence-corrected chi connectivity index (χ4v) is 2.74. The summed E-state index contributed by atoms with van der Waals surface area (Å²) in [7, 11) is 0. The van der Waals surface area contributed by atoms with E-state index in [1.807, 2.05) is 6.08 Å². The molecule has 1 aliphatic rings. The third-order valence-electron chi connectivity index (χ3n) is 4.75. The van der Waals surface area contributed by atoms with Gasteiger partial charge in [0, 0.05) is 0 Å². The molecule has 1 heterocycles. The molecule has 2 unspecified atom stereocenters. The maximum atomic E-state index is 12.0. The van der Waals surface area contributed by atoms with Crippen LogP contribution in [-0.2, 0) is 14.3 Å². The number of aliphatic carboxylic acids is 1. The Kier molecular flexibility index (Phi) is 9.27. The Labute approximate surface area is 146 Å². The Hall–Kier alpha value is -1.16. The maximum absolute atomic E-state index is 12.0. The summed E-state index contributed by atoms with van der Waals surface area (Å²) in [4.78, 5) is 23.0. The third-order valence-corrected chi connectivity index (χ3v) is 4.75. The van der Waals surface area contributed by atoms with Crippen LogP contribution in [0.25, 0.3) is 0 Å². The molecule has 0 saturated carbocycles. The molecular weight excluding hydrogens is 304 g/mol. The molecule has 1 fully saturated rings. The van der Waals surface area contributed by atoms with Crippen molar-refractivity contribution in [1.29, 1.82) is 0 Å². The van der Waals surface area contributed by atoms with Crippen LogP contribution < -0.4 is 0 Å². The molecule has 0 amide bonds. The van der Waals surface area contributed by atoms with Crippen molar-refractivity contribution in [1.82, 2.24) is 0 Å². The fraction of sp³-hybridized carbons (Fsp3) is 0.800. The zero-order valence-electron chi connectivity index (χ0n) is 15.6. The van der Waals surface area contributed by atoms with Crippen LogP contribution in [0.2, 0.25) is 0 Å². The minimum absolute atomic E-state index is 0.0241. The molecule has 1 N–H and O–H groups in total. The number of hydrogen-bond donors (Lipinski definition) is 1. The molecule has 2 atom stereocenters. The van der Waals surface area contributed by atoms with E-state index in [1.165, 1.54) is 38.5 Å². The number of carbonyl (C=O) groups is 2. The van der Waals surface area contributed by atoms with Crippen molar-refractivity contribution in [3.05, 3.63) is 12.2 Å². The number of ketones is 1. The largest absolute Gasteiger partial charge is 0.481 e. The van der Waals surface area contributed by atoms with E-state index in [1.54, 1.807) is 19.9 Å². The molecule has 1 saturated heterocycles. The van der Waals surface area contributed by atoms with E-state index in [9.17, 15) is 9.59 Å². The SMILES string of the molecule is CCCCCCCCC/C=C\C(=O)C1OC1CCC(C)(C)C(=O)O. The number of epoxide rings is 1. The average molecular weight is 338 g/mol. The number of rotatable bonds is 14. The Morgan fingerprint density at radius 3 is 2.33 bits per heavy atom. The summed E-state index contributed by atoms with van der Waals surface area (Å²) in [6, 6.07) is 0. The molecule has 1 rings (SSSR count). The third kappa shape index (κ3) is 8.09. The minimum Gasteiger partial charge on any atom is -0.481 e. The van der Waals surface area contributed by atoms with E-state index in [4.69, 9.17) is 9.84 Å². The minimum atomic E-state index is -0.805. The summed E-state index contributed by atoms with van der Waals surface area (Å²) >= 11 is 0. The predicted molar refractivity (Wildman–Crippen MR) is 96.1 cm³/mol. The quantitative estimate of drug-likeness (QED) is 0.277. The van der Waals surface area contributed by atoms with Crippen LogP contribution in [0.3, 0.4) is 0 Å². The average Bonchev–Trinajstić information content (AvgIpc) is 3.31. The first-order chi connectivity index (χ1) is 11.4. The van der Waals surface area contributed by atoms with Gasteiger partial charge in [0.2, 0.25) is 0 Å². The summed E-state index contributed by atoms with van der Waals surface area (Å²) in [5.74, 6) is -0.781. The first kappa shape index (κ1) is 20.9. The van der Waals surface area contributed by atoms with Crippen molar-refractivity contribution in [3.8, 4) is 0 Å². The summed E-state index contributed by atoms with van der Waals surface area (Å²) in [6.07, 6.45) is 14.2. The Morgan fingerprint density at radius 1 is 1.08 bits per heavy atom. The first-order valence-electron chi connectivity index (χ1n) is 9.47. The summed E-state index contributed by atoms with van der Waals surface area (Å²) in [6.45, 7) is 5.64. The van der Waals surface area contributed by atoms with Gasteiger partial charge in [0.05, 0.1) is 11.5 Å². The molecule has 0 bridgehead atoms. The number of unbranched alkanes of at least 4 members (excludes halogenated alkanes) is 7. The number of hydrogen-bond acceptors (Lipinski definition) is 3. The fourth-order valence-electron chi connectivity index (χ4n) is 2.74. The molecule has 24 heavy (non-hydrogen) atoms. The van der Waals surface area contributed by atoms with Gasteiger partial charge >= 0.3 is 5.97 Å². The lowest BCUT2D eigenvalue weighted by Crippen LogP contribution is -2.24. The van der Waals surface area contributed by atoms with Crippen LogP contribution in [0.4, 0.5) is 0 Å². The van der Waals surface area contributed by atoms with Crippen molar-refractivity contribution in [2.24, 2.45) is 5.41 Å². The van der Waals surface area contributed by atoms with Crippen LogP contribution in [0.15, 0.2) is 12.2 Å². The molecule has 0 aliphatic carbocycles. The molecule has 138 valence electrons. The molecular formula is C20H34O4. The van der Waals surface area contributed by atoms with Crippen LogP contribution in [-0.4, -0.2) is 29.1 Å². The molecule has 1 aliphatic heterocycles. The van der Waals surface area contributed by atoms with E-state index in [0.29, 0.717) is 12.8 Å². The molecule has 0 aromatic heterocycles. The van der Waals surface area contributed by atoms with Crippen molar-refractivity contribution < 1.29 is 19.4 Å². The molecule has 4 heteroatoms. The van der Waals surface area contributed by atoms with Gasteiger partial charge in [-0.3, -0.25) is 9.59 Å². The van der Waals surface area contributed by atoms with Crippen molar-refractivity contribution in [2.45, 2.75) is 97.2 Å². The Bertz CT molecular complexity index is 425. The second kappa shape index (κ2) is 10.7. The first-order valence-corrected chi connectivity index (χ1v) is 9.47. The topological polar surface area (TPSA) is 66.9 Å². The van der Waals surface area contributed by atoms with E-state index in [2.05, 4.69) is 6.92 Å². The van der Waals surface area contributed by atoms with E-state index >= 15 is 0 Å². The zero-order valence-corrected chi connectivity index (χ0v) is 15.6. The second-order valence-electron chi connectivity index (χ2n) is 7.54. The van der Waals surface area contributed by atoms with Gasteiger partial charge < -0.3 is 9.84 Å². The van der Waals surface area contributed by atoms with Gasteiger partial charge in [-0.1, -0.05) is 51.5 Å².